The van der Waals surface area contributed by atoms with Gasteiger partial charge in [0.1, 0.15) is 6.61 Å². The zero-order valence-corrected chi connectivity index (χ0v) is 17.5. The number of hydrogen-bond acceptors (Lipinski definition) is 6. The molecule has 0 aromatic rings. The number of aliphatic carboxylic acids is 1. The second-order valence-electron chi connectivity index (χ2n) is 10.8. The molecule has 0 aromatic heterocycles. The molecule has 4 saturated carbocycles. The van der Waals surface area contributed by atoms with Crippen molar-refractivity contribution in [3.8, 4) is 0 Å². The molecule has 0 amide bonds. The Morgan fingerprint density at radius 3 is 2.47 bits per heavy atom. The van der Waals surface area contributed by atoms with Crippen molar-refractivity contribution in [3.63, 3.8) is 0 Å². The number of hydrogen-bond donors (Lipinski definition) is 4. The van der Waals surface area contributed by atoms with Crippen LogP contribution in [0.15, 0.2) is 11.6 Å². The number of fused-ring (bicyclic) bond motifs is 5. The maximum Gasteiger partial charge on any atom is 0.331 e. The second-order valence-corrected chi connectivity index (χ2v) is 10.8. The molecule has 5 rings (SSSR count). The van der Waals surface area contributed by atoms with E-state index in [2.05, 4.69) is 6.92 Å². The summed E-state index contributed by atoms with van der Waals surface area (Å²) in [4.78, 5) is 24.3. The Kier molecular flexibility index (Phi) is 4.30. The van der Waals surface area contributed by atoms with Crippen LogP contribution in [0.2, 0.25) is 0 Å². The summed E-state index contributed by atoms with van der Waals surface area (Å²) in [6, 6.07) is 0. The van der Waals surface area contributed by atoms with Gasteiger partial charge in [-0.15, -0.1) is 0 Å². The third kappa shape index (κ3) is 2.32. The van der Waals surface area contributed by atoms with Crippen LogP contribution >= 0.6 is 0 Å². The van der Waals surface area contributed by atoms with Gasteiger partial charge in [0.25, 0.3) is 0 Å². The van der Waals surface area contributed by atoms with Crippen LogP contribution in [0.5, 0.6) is 0 Å². The number of aliphatic hydroxyl groups is 3. The largest absolute Gasteiger partial charge is 0.481 e. The van der Waals surface area contributed by atoms with Gasteiger partial charge in [-0.2, -0.15) is 0 Å². The number of carbonyl (C=O) groups excluding carboxylic acids is 1. The van der Waals surface area contributed by atoms with Crippen LogP contribution in [0.4, 0.5) is 0 Å². The number of rotatable bonds is 2. The Morgan fingerprint density at radius 1 is 1.07 bits per heavy atom. The first-order valence-electron chi connectivity index (χ1n) is 11.3. The number of esters is 1. The van der Waals surface area contributed by atoms with E-state index >= 15 is 0 Å². The number of ether oxygens (including phenoxy) is 1. The lowest BCUT2D eigenvalue weighted by atomic mass is 9.41. The standard InChI is InChI=1S/C23H32O7/c1-20-6-3-16-17(23(20,29)9-5-15(20)13-10-18(25)30-12-13)4-7-21(28)11-14(24)2-8-22(16,21)19(26)27/h10,14-17,24,28-29H,2-9,11-12H2,1H3,(H,26,27)/t14?,15-,16?,17?,20+,21?,22+,23?/m0/s1. The second kappa shape index (κ2) is 6.30. The van der Waals surface area contributed by atoms with E-state index in [-0.39, 0.29) is 49.6 Å². The van der Waals surface area contributed by atoms with E-state index in [9.17, 15) is 30.0 Å². The third-order valence-corrected chi connectivity index (χ3v) is 9.94. The SMILES string of the molecule is C[C@]12CCC3C(CCC4(O)CC(O)CC[C@]34C(=O)O)C1(O)CC[C@H]2C1=CC(=O)OC1. The highest BCUT2D eigenvalue weighted by molar-refractivity contribution is 5.85. The highest BCUT2D eigenvalue weighted by Gasteiger charge is 2.73. The summed E-state index contributed by atoms with van der Waals surface area (Å²) in [6.07, 6.45) is 5.00. The monoisotopic (exact) mass is 420 g/mol. The maximum atomic E-state index is 12.7. The number of carboxylic acid groups (broad SMARTS) is 1. The van der Waals surface area contributed by atoms with Crippen molar-refractivity contribution >= 4 is 11.9 Å². The highest BCUT2D eigenvalue weighted by Crippen LogP contribution is 2.70. The lowest BCUT2D eigenvalue weighted by molar-refractivity contribution is -0.260. The fourth-order valence-corrected chi connectivity index (χ4v) is 8.49. The average Bonchev–Trinajstić information content (AvgIpc) is 3.21. The van der Waals surface area contributed by atoms with Crippen LogP contribution in [0.1, 0.15) is 64.7 Å². The van der Waals surface area contributed by atoms with Gasteiger partial charge in [-0.05, 0) is 74.7 Å². The molecular formula is C23H32O7. The van der Waals surface area contributed by atoms with E-state index in [1.165, 1.54) is 0 Å². The van der Waals surface area contributed by atoms with Crippen molar-refractivity contribution in [2.45, 2.75) is 82.0 Å². The van der Waals surface area contributed by atoms with Gasteiger partial charge >= 0.3 is 11.9 Å². The summed E-state index contributed by atoms with van der Waals surface area (Å²) in [5.41, 5.74) is -3.30. The number of carbonyl (C=O) groups is 2. The molecule has 30 heavy (non-hydrogen) atoms. The van der Waals surface area contributed by atoms with Crippen molar-refractivity contribution < 1.29 is 34.8 Å². The van der Waals surface area contributed by atoms with Gasteiger partial charge in [-0.3, -0.25) is 4.79 Å². The van der Waals surface area contributed by atoms with Crippen molar-refractivity contribution in [2.75, 3.05) is 6.61 Å². The molecule has 7 heteroatoms. The number of cyclic esters (lactones) is 1. The molecule has 1 aliphatic heterocycles. The average molecular weight is 421 g/mol. The molecule has 0 bridgehead atoms. The fraction of sp³-hybridized carbons (Fsp3) is 0.826. The van der Waals surface area contributed by atoms with Gasteiger partial charge in [0.15, 0.2) is 0 Å². The molecule has 0 aromatic carbocycles. The molecule has 5 aliphatic rings. The minimum atomic E-state index is -1.44. The predicted molar refractivity (Wildman–Crippen MR) is 105 cm³/mol. The normalized spacial score (nSPS) is 52.7. The Bertz CT molecular complexity index is 822. The number of aliphatic hydroxyl groups excluding tert-OH is 1. The fourth-order valence-electron chi connectivity index (χ4n) is 8.49. The van der Waals surface area contributed by atoms with Gasteiger partial charge < -0.3 is 25.2 Å². The summed E-state index contributed by atoms with van der Waals surface area (Å²) in [6.45, 7) is 2.36. The van der Waals surface area contributed by atoms with E-state index < -0.39 is 34.1 Å². The summed E-state index contributed by atoms with van der Waals surface area (Å²) >= 11 is 0. The Balaban J connectivity index is 1.54. The van der Waals surface area contributed by atoms with E-state index in [0.29, 0.717) is 32.1 Å². The quantitative estimate of drug-likeness (QED) is 0.502. The molecule has 8 atom stereocenters. The highest BCUT2D eigenvalue weighted by atomic mass is 16.5. The summed E-state index contributed by atoms with van der Waals surface area (Å²) < 4.78 is 5.14. The third-order valence-electron chi connectivity index (χ3n) is 9.94. The van der Waals surface area contributed by atoms with Crippen LogP contribution in [0.3, 0.4) is 0 Å². The van der Waals surface area contributed by atoms with Crippen LogP contribution in [0.25, 0.3) is 0 Å². The topological polar surface area (TPSA) is 124 Å². The van der Waals surface area contributed by atoms with E-state index in [1.54, 1.807) is 6.08 Å². The minimum absolute atomic E-state index is 0.0460. The predicted octanol–water partition coefficient (Wildman–Crippen LogP) is 1.78. The molecule has 0 spiro atoms. The van der Waals surface area contributed by atoms with Crippen molar-refractivity contribution in [1.82, 2.24) is 0 Å². The first kappa shape index (κ1) is 20.5. The molecule has 5 unspecified atom stereocenters. The molecule has 1 heterocycles. The van der Waals surface area contributed by atoms with Crippen LogP contribution in [-0.4, -0.2) is 56.3 Å². The molecule has 4 aliphatic carbocycles. The molecule has 7 nitrogen and oxygen atoms in total. The Morgan fingerprint density at radius 2 is 1.80 bits per heavy atom. The van der Waals surface area contributed by atoms with E-state index in [1.807, 2.05) is 0 Å². The molecule has 166 valence electrons. The maximum absolute atomic E-state index is 12.7. The first-order valence-corrected chi connectivity index (χ1v) is 11.3. The van der Waals surface area contributed by atoms with E-state index in [0.717, 1.165) is 12.0 Å². The first-order chi connectivity index (χ1) is 14.1. The summed E-state index contributed by atoms with van der Waals surface area (Å²) in [5, 5.41) is 44.1. The lowest BCUT2D eigenvalue weighted by Crippen LogP contribution is -2.70. The van der Waals surface area contributed by atoms with Crippen LogP contribution in [-0.2, 0) is 14.3 Å². The minimum Gasteiger partial charge on any atom is -0.481 e. The molecule has 4 fully saturated rings. The molecular weight excluding hydrogens is 388 g/mol. The van der Waals surface area contributed by atoms with Crippen LogP contribution < -0.4 is 0 Å². The zero-order valence-electron chi connectivity index (χ0n) is 17.5. The van der Waals surface area contributed by atoms with Gasteiger partial charge in [0.05, 0.1) is 22.7 Å². The zero-order chi connectivity index (χ0) is 21.5. The smallest absolute Gasteiger partial charge is 0.331 e. The Labute approximate surface area is 176 Å². The van der Waals surface area contributed by atoms with E-state index in [4.69, 9.17) is 4.74 Å². The van der Waals surface area contributed by atoms with Crippen molar-refractivity contribution in [2.24, 2.45) is 28.6 Å². The lowest BCUT2D eigenvalue weighted by Gasteiger charge is -2.65. The van der Waals surface area contributed by atoms with Gasteiger partial charge in [-0.25, -0.2) is 4.79 Å². The van der Waals surface area contributed by atoms with Crippen LogP contribution in [0, 0.1) is 28.6 Å². The summed E-state index contributed by atoms with van der Waals surface area (Å²) in [5.74, 6) is -1.82. The van der Waals surface area contributed by atoms with Gasteiger partial charge in [-0.1, -0.05) is 6.92 Å². The molecule has 0 radical (unpaired) electrons. The Hall–Kier alpha value is -1.44. The van der Waals surface area contributed by atoms with Crippen molar-refractivity contribution in [3.05, 3.63) is 11.6 Å². The molecule has 0 saturated heterocycles. The molecule has 4 N–H and O–H groups in total. The number of carboxylic acids is 1. The van der Waals surface area contributed by atoms with Gasteiger partial charge in [0.2, 0.25) is 0 Å². The van der Waals surface area contributed by atoms with Gasteiger partial charge in [0, 0.05) is 17.9 Å². The summed E-state index contributed by atoms with van der Waals surface area (Å²) in [7, 11) is 0. The van der Waals surface area contributed by atoms with Crippen molar-refractivity contribution in [1.29, 1.82) is 0 Å².